The van der Waals surface area contributed by atoms with Crippen molar-refractivity contribution in [1.29, 1.82) is 0 Å². The molecule has 0 saturated carbocycles. The lowest BCUT2D eigenvalue weighted by Gasteiger charge is -2.27. The van der Waals surface area contributed by atoms with Crippen molar-refractivity contribution in [3.8, 4) is 0 Å². The maximum atomic E-state index is 11.4. The number of benzene rings is 1. The fraction of sp³-hybridized carbons (Fsp3) is 0.417. The Morgan fingerprint density at radius 3 is 2.07 bits per heavy atom. The first kappa shape index (κ1) is 11.3. The molecule has 1 aromatic carbocycles. The SMILES string of the molecule is CC(C)(C)C(C(=O)Cl)c1ccccc1. The minimum Gasteiger partial charge on any atom is -0.281 e. The van der Waals surface area contributed by atoms with Crippen LogP contribution >= 0.6 is 11.6 Å². The molecule has 0 heterocycles. The van der Waals surface area contributed by atoms with Crippen molar-refractivity contribution in [3.05, 3.63) is 35.9 Å². The molecule has 2 heteroatoms. The molecule has 0 aromatic heterocycles. The Kier molecular flexibility index (Phi) is 3.33. The second-order valence-electron chi connectivity index (χ2n) is 4.51. The summed E-state index contributed by atoms with van der Waals surface area (Å²) in [6.07, 6.45) is 0. The first-order valence-corrected chi connectivity index (χ1v) is 5.05. The molecule has 0 spiro atoms. The zero-order valence-electron chi connectivity index (χ0n) is 8.75. The maximum Gasteiger partial charge on any atom is 0.229 e. The molecule has 0 fully saturated rings. The number of carbonyl (C=O) groups is 1. The van der Waals surface area contributed by atoms with Crippen molar-refractivity contribution in [2.24, 2.45) is 5.41 Å². The number of hydrogen-bond acceptors (Lipinski definition) is 1. The van der Waals surface area contributed by atoms with Gasteiger partial charge >= 0.3 is 0 Å². The second kappa shape index (κ2) is 4.14. The molecule has 1 unspecified atom stereocenters. The maximum absolute atomic E-state index is 11.4. The first-order valence-electron chi connectivity index (χ1n) is 4.67. The van der Waals surface area contributed by atoms with E-state index in [4.69, 9.17) is 11.6 Å². The number of halogens is 1. The highest BCUT2D eigenvalue weighted by Gasteiger charge is 2.31. The van der Waals surface area contributed by atoms with Crippen LogP contribution in [0.15, 0.2) is 30.3 Å². The molecule has 0 saturated heterocycles. The lowest BCUT2D eigenvalue weighted by Crippen LogP contribution is -2.23. The molecule has 0 aliphatic rings. The Labute approximate surface area is 90.1 Å². The van der Waals surface area contributed by atoms with Crippen LogP contribution in [-0.2, 0) is 4.79 Å². The zero-order valence-corrected chi connectivity index (χ0v) is 9.51. The zero-order chi connectivity index (χ0) is 10.8. The minimum absolute atomic E-state index is 0.139. The summed E-state index contributed by atoms with van der Waals surface area (Å²) >= 11 is 5.62. The molecule has 0 N–H and O–H groups in total. The summed E-state index contributed by atoms with van der Waals surface area (Å²) in [4.78, 5) is 11.4. The third-order valence-corrected chi connectivity index (χ3v) is 2.44. The van der Waals surface area contributed by atoms with Crippen LogP contribution in [-0.4, -0.2) is 5.24 Å². The normalized spacial score (nSPS) is 13.7. The van der Waals surface area contributed by atoms with E-state index in [1.807, 2.05) is 51.1 Å². The highest BCUT2D eigenvalue weighted by molar-refractivity contribution is 6.64. The predicted molar refractivity (Wildman–Crippen MR) is 59.5 cm³/mol. The van der Waals surface area contributed by atoms with Gasteiger partial charge in [0.05, 0.1) is 5.92 Å². The number of rotatable bonds is 2. The van der Waals surface area contributed by atoms with Crippen molar-refractivity contribution in [1.82, 2.24) is 0 Å². The van der Waals surface area contributed by atoms with E-state index in [0.717, 1.165) is 5.56 Å². The largest absolute Gasteiger partial charge is 0.281 e. The standard InChI is InChI=1S/C12H15ClO/c1-12(2,3)10(11(13)14)9-7-5-4-6-8-9/h4-8,10H,1-3H3. The minimum atomic E-state index is -0.288. The molecule has 76 valence electrons. The van der Waals surface area contributed by atoms with Gasteiger partial charge in [0.25, 0.3) is 0 Å². The van der Waals surface area contributed by atoms with E-state index in [9.17, 15) is 4.79 Å². The Balaban J connectivity index is 3.08. The van der Waals surface area contributed by atoms with Crippen LogP contribution in [0.25, 0.3) is 0 Å². The van der Waals surface area contributed by atoms with E-state index in [1.54, 1.807) is 0 Å². The van der Waals surface area contributed by atoms with Crippen molar-refractivity contribution < 1.29 is 4.79 Å². The van der Waals surface area contributed by atoms with Crippen molar-refractivity contribution in [2.45, 2.75) is 26.7 Å². The van der Waals surface area contributed by atoms with Crippen LogP contribution in [0.2, 0.25) is 0 Å². The highest BCUT2D eigenvalue weighted by Crippen LogP contribution is 2.36. The van der Waals surface area contributed by atoms with Gasteiger partial charge in [-0.1, -0.05) is 51.1 Å². The van der Waals surface area contributed by atoms with Gasteiger partial charge in [0, 0.05) is 0 Å². The number of hydrogen-bond donors (Lipinski definition) is 0. The van der Waals surface area contributed by atoms with Crippen molar-refractivity contribution in [3.63, 3.8) is 0 Å². The van der Waals surface area contributed by atoms with Gasteiger partial charge in [-0.25, -0.2) is 0 Å². The third kappa shape index (κ3) is 2.58. The van der Waals surface area contributed by atoms with Crippen molar-refractivity contribution in [2.75, 3.05) is 0 Å². The molecule has 0 radical (unpaired) electrons. The fourth-order valence-electron chi connectivity index (χ4n) is 1.62. The number of carbonyl (C=O) groups excluding carboxylic acids is 1. The van der Waals surface area contributed by atoms with E-state index in [-0.39, 0.29) is 16.6 Å². The Morgan fingerprint density at radius 2 is 1.71 bits per heavy atom. The highest BCUT2D eigenvalue weighted by atomic mass is 35.5. The van der Waals surface area contributed by atoms with Crippen LogP contribution < -0.4 is 0 Å². The molecule has 14 heavy (non-hydrogen) atoms. The summed E-state index contributed by atoms with van der Waals surface area (Å²) < 4.78 is 0. The molecule has 1 atom stereocenters. The molecular weight excluding hydrogens is 196 g/mol. The van der Waals surface area contributed by atoms with E-state index < -0.39 is 0 Å². The fourth-order valence-corrected chi connectivity index (χ4v) is 2.07. The molecule has 0 amide bonds. The smallest absolute Gasteiger partial charge is 0.229 e. The molecule has 1 aromatic rings. The third-order valence-electron chi connectivity index (χ3n) is 2.23. The van der Waals surface area contributed by atoms with Gasteiger partial charge in [-0.3, -0.25) is 4.79 Å². The molecule has 1 nitrogen and oxygen atoms in total. The lowest BCUT2D eigenvalue weighted by atomic mass is 9.77. The van der Waals surface area contributed by atoms with E-state index >= 15 is 0 Å². The van der Waals surface area contributed by atoms with Crippen LogP contribution in [0.4, 0.5) is 0 Å². The summed E-state index contributed by atoms with van der Waals surface area (Å²) in [6, 6.07) is 9.66. The van der Waals surface area contributed by atoms with Crippen molar-refractivity contribution >= 4 is 16.8 Å². The quantitative estimate of drug-likeness (QED) is 0.682. The Morgan fingerprint density at radius 1 is 1.21 bits per heavy atom. The molecule has 0 aliphatic heterocycles. The summed E-state index contributed by atoms with van der Waals surface area (Å²) in [5.74, 6) is -0.231. The van der Waals surface area contributed by atoms with E-state index in [1.165, 1.54) is 0 Å². The van der Waals surface area contributed by atoms with Gasteiger partial charge < -0.3 is 0 Å². The molecule has 0 bridgehead atoms. The van der Waals surface area contributed by atoms with Crippen LogP contribution in [0.5, 0.6) is 0 Å². The average Bonchev–Trinajstić information content (AvgIpc) is 2.02. The first-order chi connectivity index (χ1) is 6.43. The van der Waals surface area contributed by atoms with Crippen LogP contribution in [0, 0.1) is 5.41 Å². The van der Waals surface area contributed by atoms with Crippen LogP contribution in [0.3, 0.4) is 0 Å². The van der Waals surface area contributed by atoms with Gasteiger partial charge in [-0.15, -0.1) is 0 Å². The summed E-state index contributed by atoms with van der Waals surface area (Å²) in [6.45, 7) is 6.06. The summed E-state index contributed by atoms with van der Waals surface area (Å²) in [5, 5.41) is -0.288. The van der Waals surface area contributed by atoms with Gasteiger partial charge in [0.1, 0.15) is 0 Å². The molecular formula is C12H15ClO. The van der Waals surface area contributed by atoms with Crippen LogP contribution in [0.1, 0.15) is 32.3 Å². The Bertz CT molecular complexity index is 311. The van der Waals surface area contributed by atoms with Gasteiger partial charge in [-0.2, -0.15) is 0 Å². The topological polar surface area (TPSA) is 17.1 Å². The van der Waals surface area contributed by atoms with Gasteiger partial charge in [0.2, 0.25) is 5.24 Å². The molecule has 1 rings (SSSR count). The lowest BCUT2D eigenvalue weighted by molar-refractivity contribution is -0.115. The summed E-state index contributed by atoms with van der Waals surface area (Å²) in [7, 11) is 0. The monoisotopic (exact) mass is 210 g/mol. The van der Waals surface area contributed by atoms with Gasteiger partial charge in [0.15, 0.2) is 0 Å². The second-order valence-corrected chi connectivity index (χ2v) is 4.89. The average molecular weight is 211 g/mol. The van der Waals surface area contributed by atoms with E-state index in [0.29, 0.717) is 0 Å². The van der Waals surface area contributed by atoms with Gasteiger partial charge in [-0.05, 0) is 22.6 Å². The predicted octanol–water partition coefficient (Wildman–Crippen LogP) is 3.58. The summed E-state index contributed by atoms with van der Waals surface area (Å²) in [5.41, 5.74) is 0.847. The molecule has 0 aliphatic carbocycles. The Hall–Kier alpha value is -0.820. The van der Waals surface area contributed by atoms with E-state index in [2.05, 4.69) is 0 Å².